The van der Waals surface area contributed by atoms with Crippen LogP contribution in [0, 0.1) is 0 Å². The number of para-hydroxylation sites is 6. The smallest absolute Gasteiger partial charge is 0.325 e. The van der Waals surface area contributed by atoms with Crippen molar-refractivity contribution in [2.45, 2.75) is 298 Å². The van der Waals surface area contributed by atoms with Crippen LogP contribution in [0.1, 0.15) is 244 Å². The Morgan fingerprint density at radius 3 is 1.02 bits per heavy atom. The lowest BCUT2D eigenvalue weighted by Gasteiger charge is -2.45. The minimum atomic E-state index is -1.00. The van der Waals surface area contributed by atoms with E-state index in [0.717, 1.165) is 77.7 Å². The largest absolute Gasteiger partial charge is 0.480 e. The van der Waals surface area contributed by atoms with E-state index in [4.69, 9.17) is 27.2 Å². The number of ether oxygens (including phenoxy) is 2. The van der Waals surface area contributed by atoms with Gasteiger partial charge in [0.25, 0.3) is 16.7 Å². The van der Waals surface area contributed by atoms with Crippen molar-refractivity contribution >= 4 is 99.1 Å². The SMILES string of the molecule is CCOC(=O)CN.CCOC(=O)CNc1nc2ccccc2n(C2C[C@H]3CC[C@@H](C2)N3C2CCCCCCC2)c1=O.Cl.Cl.O=C(O)CNc1nc2ccccc2n(C2C[C@H]3CC[C@@H](C2)N3C2CCCCCCC2)c1=O.O=c1c(Cl)nc2ccccc2n1C1C[C@H]2CC[C@@H](C1)N2C1CCCCCCC1. The first kappa shape index (κ1) is 79.4. The molecule has 9 heterocycles. The number of nitrogens with zero attached hydrogens (tertiary/aromatic N) is 9. The van der Waals surface area contributed by atoms with Gasteiger partial charge in [-0.2, -0.15) is 0 Å². The second-order valence-electron chi connectivity index (χ2n) is 30.1. The molecule has 21 nitrogen and oxygen atoms in total. The van der Waals surface area contributed by atoms with E-state index in [2.05, 4.69) is 45.0 Å². The van der Waals surface area contributed by atoms with Gasteiger partial charge in [-0.1, -0.05) is 144 Å². The molecule has 5 N–H and O–H groups in total. The number of piperidine rings is 3. The summed E-state index contributed by atoms with van der Waals surface area (Å²) in [7, 11) is 0. The number of aromatic nitrogens is 6. The lowest BCUT2D eigenvalue weighted by atomic mass is 9.89. The molecule has 0 radical (unpaired) electrons. The number of carboxylic acids is 1. The highest BCUT2D eigenvalue weighted by molar-refractivity contribution is 6.29. The molecule has 24 heteroatoms. The quantitative estimate of drug-likeness (QED) is 0.0697. The Balaban J connectivity index is 0.000000158. The Bertz CT molecular complexity index is 3900. The van der Waals surface area contributed by atoms with Crippen LogP contribution in [0.3, 0.4) is 0 Å². The number of nitrogens with one attached hydrogen (secondary N) is 2. The fourth-order valence-corrected chi connectivity index (χ4v) is 19.9. The number of rotatable bonds is 15. The molecule has 564 valence electrons. The third-order valence-electron chi connectivity index (χ3n) is 23.8. The summed E-state index contributed by atoms with van der Waals surface area (Å²) in [6.45, 7) is 3.86. The van der Waals surface area contributed by atoms with Crippen LogP contribution in [-0.2, 0) is 23.9 Å². The number of benzene rings is 3. The molecule has 3 saturated carbocycles. The summed E-state index contributed by atoms with van der Waals surface area (Å²) in [5.41, 5.74) is 9.43. The van der Waals surface area contributed by atoms with Crippen molar-refractivity contribution in [3.05, 3.63) is 109 Å². The van der Waals surface area contributed by atoms with E-state index in [0.29, 0.717) is 61.5 Å². The molecular formula is C79H113Cl3N12O9. The van der Waals surface area contributed by atoms with Crippen molar-refractivity contribution in [3.63, 3.8) is 0 Å². The van der Waals surface area contributed by atoms with Gasteiger partial charge in [0, 0.05) is 72.5 Å². The van der Waals surface area contributed by atoms with Crippen LogP contribution >= 0.6 is 36.4 Å². The molecule has 3 aromatic heterocycles. The van der Waals surface area contributed by atoms with Crippen LogP contribution < -0.4 is 33.0 Å². The third-order valence-corrected chi connectivity index (χ3v) is 24.1. The molecule has 3 aromatic carbocycles. The van der Waals surface area contributed by atoms with Crippen molar-refractivity contribution in [3.8, 4) is 0 Å². The maximum atomic E-state index is 13.6. The predicted molar refractivity (Wildman–Crippen MR) is 414 cm³/mol. The molecule has 103 heavy (non-hydrogen) atoms. The molecule has 3 aliphatic carbocycles. The number of fused-ring (bicyclic) bond motifs is 9. The number of hydrogen-bond donors (Lipinski definition) is 4. The van der Waals surface area contributed by atoms with Gasteiger partial charge in [0.15, 0.2) is 16.8 Å². The Morgan fingerprint density at radius 2 is 0.709 bits per heavy atom. The normalized spacial score (nSPS) is 25.7. The van der Waals surface area contributed by atoms with E-state index in [-0.39, 0.29) is 108 Å². The molecule has 6 aromatic rings. The molecule has 15 rings (SSSR count). The van der Waals surface area contributed by atoms with E-state index in [1.165, 1.54) is 173 Å². The first-order valence-electron chi connectivity index (χ1n) is 39.0. The Morgan fingerprint density at radius 1 is 0.417 bits per heavy atom. The predicted octanol–water partition coefficient (Wildman–Crippen LogP) is 14.5. The minimum Gasteiger partial charge on any atom is -0.480 e. The van der Waals surface area contributed by atoms with E-state index in [1.807, 2.05) is 86.5 Å². The van der Waals surface area contributed by atoms with Gasteiger partial charge in [0.05, 0.1) is 52.9 Å². The van der Waals surface area contributed by atoms with E-state index in [9.17, 15) is 28.8 Å². The fraction of sp³-hybridized carbons (Fsp3) is 0.658. The number of anilines is 2. The number of hydrogen-bond acceptors (Lipinski definition) is 17. The second kappa shape index (κ2) is 38.4. The maximum absolute atomic E-state index is 13.6. The third kappa shape index (κ3) is 19.1. The highest BCUT2D eigenvalue weighted by atomic mass is 35.5. The average molecular weight is 1480 g/mol. The van der Waals surface area contributed by atoms with Gasteiger partial charge in [-0.3, -0.25) is 43.5 Å². The molecule has 6 saturated heterocycles. The van der Waals surface area contributed by atoms with Crippen LogP contribution in [0.4, 0.5) is 11.6 Å². The standard InChI is InChI=1S/C27H38N4O3.C25H34N4O3.C23H30ClN3O.C4H9NO2.2ClH/c1-2-34-25(32)18-28-26-27(33)31(24-13-9-8-12-23(24)29-26)22-16-20-14-15-21(17-22)30(20)19-10-6-4-3-5-7-11-19;30-23(31)16-26-24-25(32)29(22-11-7-6-10-21(22)27-24)20-14-18-12-13-19(15-20)28(18)17-8-4-2-1-3-5-9-17;24-22-23(28)27(21-11-7-6-10-20(21)25-22)19-14-17-12-13-18(15-19)26(17)16-8-4-2-1-3-5-9-16;1-2-7-4(6)3-5;;/h8-9,12-13,19-22H,2-7,10-11,14-18H2,1H3,(H,28,29);6-7,10-11,17-20H,1-5,8-9,12-16H2,(H,26,27)(H,30,31);6-7,10-11,16-19H,1-5,8-9,12-15H2;2-3,5H2,1H3;2*1H/t20-,21+,22?;18-,19+,20?;17-,18+,19?;;;. The number of aliphatic carboxylic acids is 1. The number of esters is 2. The van der Waals surface area contributed by atoms with Crippen LogP contribution in [0.2, 0.25) is 5.15 Å². The highest BCUT2D eigenvalue weighted by Crippen LogP contribution is 2.48. The van der Waals surface area contributed by atoms with Crippen molar-refractivity contribution in [2.75, 3.05) is 43.5 Å². The van der Waals surface area contributed by atoms with E-state index >= 15 is 0 Å². The zero-order chi connectivity index (χ0) is 70.4. The van der Waals surface area contributed by atoms with Gasteiger partial charge in [-0.05, 0) is 166 Å². The number of nitrogens with two attached hydrogens (primary N) is 1. The molecule has 9 aliphatic rings. The zero-order valence-electron chi connectivity index (χ0n) is 60.7. The minimum absolute atomic E-state index is 0. The van der Waals surface area contributed by atoms with Crippen molar-refractivity contribution in [1.82, 2.24) is 43.4 Å². The summed E-state index contributed by atoms with van der Waals surface area (Å²) in [5.74, 6) is -1.35. The molecular weight excluding hydrogens is 1370 g/mol. The first-order chi connectivity index (χ1) is 49.3. The summed E-state index contributed by atoms with van der Waals surface area (Å²) in [5, 5.41) is 14.9. The van der Waals surface area contributed by atoms with Crippen LogP contribution in [0.5, 0.6) is 0 Å². The zero-order valence-corrected chi connectivity index (χ0v) is 63.1. The van der Waals surface area contributed by atoms with Gasteiger partial charge in [-0.15, -0.1) is 24.8 Å². The number of carbonyl (C=O) groups is 3. The summed E-state index contributed by atoms with van der Waals surface area (Å²) >= 11 is 6.23. The fourth-order valence-electron chi connectivity index (χ4n) is 19.7. The molecule has 0 amide bonds. The van der Waals surface area contributed by atoms with Gasteiger partial charge in [0.1, 0.15) is 13.1 Å². The van der Waals surface area contributed by atoms with Crippen molar-refractivity contribution in [2.24, 2.45) is 5.73 Å². The molecule has 9 fully saturated rings. The monoisotopic (exact) mass is 1480 g/mol. The van der Waals surface area contributed by atoms with Crippen LogP contribution in [0.25, 0.3) is 33.1 Å². The van der Waals surface area contributed by atoms with Crippen LogP contribution in [0.15, 0.2) is 87.2 Å². The van der Waals surface area contributed by atoms with Gasteiger partial charge >= 0.3 is 17.9 Å². The van der Waals surface area contributed by atoms with Crippen molar-refractivity contribution < 1.29 is 29.0 Å². The Labute approximate surface area is 624 Å². The summed E-state index contributed by atoms with van der Waals surface area (Å²) in [6.07, 6.45) is 42.3. The number of carbonyl (C=O) groups excluding carboxylic acids is 2. The van der Waals surface area contributed by atoms with Gasteiger partial charge in [-0.25, -0.2) is 15.0 Å². The molecule has 6 aliphatic heterocycles. The maximum Gasteiger partial charge on any atom is 0.325 e. The van der Waals surface area contributed by atoms with Gasteiger partial charge < -0.3 is 44.6 Å². The topological polar surface area (TPSA) is 254 Å². The highest BCUT2D eigenvalue weighted by Gasteiger charge is 2.48. The first-order valence-corrected chi connectivity index (χ1v) is 39.4. The lowest BCUT2D eigenvalue weighted by Crippen LogP contribution is -2.50. The average Bonchev–Trinajstić information content (AvgIpc) is 1.75. The van der Waals surface area contributed by atoms with E-state index in [1.54, 1.807) is 13.8 Å². The number of carboxylic acid groups (broad SMARTS) is 1. The summed E-state index contributed by atoms with van der Waals surface area (Å²) in [6, 6.07) is 29.6. The van der Waals surface area contributed by atoms with Gasteiger partial charge in [0.2, 0.25) is 0 Å². The Hall–Kier alpha value is -6.20. The molecule has 3 unspecified atom stereocenters. The summed E-state index contributed by atoms with van der Waals surface area (Å²) in [4.78, 5) is 94.9. The van der Waals surface area contributed by atoms with Crippen LogP contribution in [-0.4, -0.2) is 154 Å². The van der Waals surface area contributed by atoms with E-state index < -0.39 is 5.97 Å². The molecule has 9 atom stereocenters. The lowest BCUT2D eigenvalue weighted by molar-refractivity contribution is -0.142. The Kier molecular flexibility index (Phi) is 29.6. The second-order valence-corrected chi connectivity index (χ2v) is 30.5. The molecule has 0 spiro atoms. The summed E-state index contributed by atoms with van der Waals surface area (Å²) < 4.78 is 15.3. The number of halogens is 3. The molecule has 6 bridgehead atoms. The van der Waals surface area contributed by atoms with Crippen molar-refractivity contribution in [1.29, 1.82) is 0 Å².